The van der Waals surface area contributed by atoms with E-state index in [4.69, 9.17) is 9.47 Å². The number of carbonyl (C=O) groups excluding carboxylic acids is 2. The van der Waals surface area contributed by atoms with Crippen LogP contribution in [0.1, 0.15) is 27.3 Å². The largest absolute Gasteiger partial charge is 0.447 e. The highest BCUT2D eigenvalue weighted by Gasteiger charge is 2.35. The normalized spacial score (nSPS) is 15.8. The van der Waals surface area contributed by atoms with Crippen LogP contribution >= 0.6 is 0 Å². The van der Waals surface area contributed by atoms with Gasteiger partial charge in [-0.15, -0.1) is 0 Å². The lowest BCUT2D eigenvalue weighted by Gasteiger charge is -2.21. The Morgan fingerprint density at radius 1 is 1.23 bits per heavy atom. The zero-order chi connectivity index (χ0) is 25.0. The summed E-state index contributed by atoms with van der Waals surface area (Å²) in [6.45, 7) is -0.0958. The molecule has 0 radical (unpaired) electrons. The maximum atomic E-state index is 13.2. The molecule has 1 N–H and O–H groups in total. The third kappa shape index (κ3) is 5.71. The number of rotatable bonds is 8. The lowest BCUT2D eigenvalue weighted by Crippen LogP contribution is -2.36. The van der Waals surface area contributed by atoms with Crippen LogP contribution in [0, 0.1) is 0 Å². The number of nitrogens with one attached hydrogen (secondary N) is 1. The number of amides is 2. The fourth-order valence-electron chi connectivity index (χ4n) is 3.37. The molecule has 3 aromatic rings. The number of halogens is 3. The first-order chi connectivity index (χ1) is 16.7. The molecule has 1 fully saturated rings. The van der Waals surface area contributed by atoms with Gasteiger partial charge in [0.15, 0.2) is 0 Å². The van der Waals surface area contributed by atoms with Crippen LogP contribution in [0.4, 0.5) is 23.9 Å². The molecule has 1 aromatic carbocycles. The number of ether oxygens (including phenoxy) is 2. The number of aryl methyl sites for hydroxylation is 1. The summed E-state index contributed by atoms with van der Waals surface area (Å²) in [5.74, 6) is -0.757. The average molecular weight is 491 g/mol. The molecule has 11 nitrogen and oxygen atoms in total. The van der Waals surface area contributed by atoms with E-state index in [2.05, 4.69) is 25.8 Å². The molecule has 4 rings (SSSR count). The molecule has 1 saturated heterocycles. The SMILES string of the molecule is Cn1nnnc1NC(=O)c1ccc(C(F)(F)F)nc1COCC1COC(=O)N1Cc1ccccc1. The molecule has 14 heteroatoms. The molecule has 0 aliphatic carbocycles. The zero-order valence-electron chi connectivity index (χ0n) is 18.4. The predicted octanol–water partition coefficient (Wildman–Crippen LogP) is 2.41. The summed E-state index contributed by atoms with van der Waals surface area (Å²) in [6, 6.07) is 10.5. The van der Waals surface area contributed by atoms with Gasteiger partial charge >= 0.3 is 12.3 Å². The highest BCUT2D eigenvalue weighted by molar-refractivity contribution is 6.04. The Morgan fingerprint density at radius 2 is 2.00 bits per heavy atom. The van der Waals surface area contributed by atoms with E-state index in [0.29, 0.717) is 6.07 Å². The molecular formula is C21H20F3N7O4. The number of cyclic esters (lactones) is 1. The second-order valence-corrected chi connectivity index (χ2v) is 7.63. The van der Waals surface area contributed by atoms with E-state index >= 15 is 0 Å². The van der Waals surface area contributed by atoms with Crippen molar-refractivity contribution in [3.8, 4) is 0 Å². The molecule has 1 aliphatic heterocycles. The number of nitrogens with zero attached hydrogens (tertiary/aromatic N) is 6. The quantitative estimate of drug-likeness (QED) is 0.510. The Labute approximate surface area is 196 Å². The van der Waals surface area contributed by atoms with Gasteiger partial charge in [-0.25, -0.2) is 14.5 Å². The van der Waals surface area contributed by atoms with Gasteiger partial charge in [-0.1, -0.05) is 35.4 Å². The van der Waals surface area contributed by atoms with Gasteiger partial charge in [0.1, 0.15) is 12.3 Å². The van der Waals surface area contributed by atoms with Crippen molar-refractivity contribution < 1.29 is 32.2 Å². The first-order valence-corrected chi connectivity index (χ1v) is 10.4. The standard InChI is InChI=1S/C21H20F3N7O4/c1-30-19(27-28-29-30)26-18(32)15-7-8-17(21(22,23)24)25-16(15)12-34-10-14-11-35-20(33)31(14)9-13-5-3-2-4-6-13/h2-8,14H,9-12H2,1H3,(H,26,27,29,32). The van der Waals surface area contributed by atoms with Crippen molar-refractivity contribution in [1.82, 2.24) is 30.1 Å². The topological polar surface area (TPSA) is 124 Å². The van der Waals surface area contributed by atoms with Crippen LogP contribution in [0.2, 0.25) is 0 Å². The number of tetrazole rings is 1. The molecule has 3 heterocycles. The van der Waals surface area contributed by atoms with Crippen LogP contribution in [0.5, 0.6) is 0 Å². The summed E-state index contributed by atoms with van der Waals surface area (Å²) in [5.41, 5.74) is -0.653. The number of aromatic nitrogens is 5. The first-order valence-electron chi connectivity index (χ1n) is 10.4. The minimum atomic E-state index is -4.71. The van der Waals surface area contributed by atoms with E-state index in [-0.39, 0.29) is 37.0 Å². The minimum absolute atomic E-state index is 0.0000585. The molecule has 184 valence electrons. The van der Waals surface area contributed by atoms with Crippen LogP contribution in [-0.2, 0) is 35.8 Å². The van der Waals surface area contributed by atoms with Gasteiger partial charge in [-0.3, -0.25) is 15.0 Å². The summed E-state index contributed by atoms with van der Waals surface area (Å²) < 4.78 is 51.6. The van der Waals surface area contributed by atoms with Crippen LogP contribution < -0.4 is 5.32 Å². The Hall–Kier alpha value is -4.07. The third-order valence-electron chi connectivity index (χ3n) is 5.17. The van der Waals surface area contributed by atoms with Crippen molar-refractivity contribution in [1.29, 1.82) is 0 Å². The van der Waals surface area contributed by atoms with E-state index in [1.54, 1.807) is 0 Å². The van der Waals surface area contributed by atoms with Gasteiger partial charge in [-0.05, 0) is 28.1 Å². The predicted molar refractivity (Wildman–Crippen MR) is 113 cm³/mol. The highest BCUT2D eigenvalue weighted by Crippen LogP contribution is 2.29. The van der Waals surface area contributed by atoms with E-state index in [1.807, 2.05) is 30.3 Å². The van der Waals surface area contributed by atoms with E-state index in [0.717, 1.165) is 11.6 Å². The Balaban J connectivity index is 1.47. The molecule has 1 unspecified atom stereocenters. The third-order valence-corrected chi connectivity index (χ3v) is 5.17. The van der Waals surface area contributed by atoms with Crippen molar-refractivity contribution >= 4 is 17.9 Å². The molecule has 0 saturated carbocycles. The monoisotopic (exact) mass is 491 g/mol. The zero-order valence-corrected chi connectivity index (χ0v) is 18.4. The second kappa shape index (κ2) is 10.0. The van der Waals surface area contributed by atoms with E-state index < -0.39 is 36.5 Å². The molecule has 1 aliphatic rings. The number of pyridine rings is 1. The smallest absolute Gasteiger partial charge is 0.433 e. The average Bonchev–Trinajstić information content (AvgIpc) is 3.39. The fourth-order valence-corrected chi connectivity index (χ4v) is 3.37. The maximum absolute atomic E-state index is 13.2. The number of hydrogen-bond donors (Lipinski definition) is 1. The highest BCUT2D eigenvalue weighted by atomic mass is 19.4. The van der Waals surface area contributed by atoms with Crippen LogP contribution in [-0.4, -0.2) is 61.3 Å². The first kappa shape index (κ1) is 24.1. The molecule has 0 spiro atoms. The lowest BCUT2D eigenvalue weighted by molar-refractivity contribution is -0.141. The molecule has 1 atom stereocenters. The molecule has 35 heavy (non-hydrogen) atoms. The van der Waals surface area contributed by atoms with E-state index in [1.165, 1.54) is 16.6 Å². The van der Waals surface area contributed by atoms with Crippen molar-refractivity contribution in [2.24, 2.45) is 7.05 Å². The van der Waals surface area contributed by atoms with Gasteiger partial charge in [0.25, 0.3) is 5.91 Å². The maximum Gasteiger partial charge on any atom is 0.433 e. The number of carbonyl (C=O) groups is 2. The number of benzene rings is 1. The van der Waals surface area contributed by atoms with Crippen molar-refractivity contribution in [2.45, 2.75) is 25.4 Å². The Kier molecular flexibility index (Phi) is 6.91. The van der Waals surface area contributed by atoms with Crippen molar-refractivity contribution in [3.63, 3.8) is 0 Å². The summed E-state index contributed by atoms with van der Waals surface area (Å²) in [6.07, 6.45) is -5.23. The molecule has 0 bridgehead atoms. The molecular weight excluding hydrogens is 471 g/mol. The second-order valence-electron chi connectivity index (χ2n) is 7.63. The van der Waals surface area contributed by atoms with Gasteiger partial charge in [-0.2, -0.15) is 13.2 Å². The molecule has 2 amide bonds. The minimum Gasteiger partial charge on any atom is -0.447 e. The summed E-state index contributed by atoms with van der Waals surface area (Å²) in [5, 5.41) is 13.0. The van der Waals surface area contributed by atoms with Gasteiger partial charge in [0, 0.05) is 13.6 Å². The summed E-state index contributed by atoms with van der Waals surface area (Å²) in [4.78, 5) is 29.9. The Morgan fingerprint density at radius 3 is 2.69 bits per heavy atom. The van der Waals surface area contributed by atoms with Crippen LogP contribution in [0.3, 0.4) is 0 Å². The number of anilines is 1. The van der Waals surface area contributed by atoms with Crippen LogP contribution in [0.15, 0.2) is 42.5 Å². The number of alkyl halides is 3. The fraction of sp³-hybridized carbons (Fsp3) is 0.333. The van der Waals surface area contributed by atoms with Crippen molar-refractivity contribution in [2.75, 3.05) is 18.5 Å². The van der Waals surface area contributed by atoms with Crippen molar-refractivity contribution in [3.05, 3.63) is 65.0 Å². The Bertz CT molecular complexity index is 1200. The van der Waals surface area contributed by atoms with Gasteiger partial charge < -0.3 is 9.47 Å². The lowest BCUT2D eigenvalue weighted by atomic mass is 10.1. The number of hydrogen-bond acceptors (Lipinski definition) is 8. The van der Waals surface area contributed by atoms with Gasteiger partial charge in [0.05, 0.1) is 30.5 Å². The van der Waals surface area contributed by atoms with E-state index in [9.17, 15) is 22.8 Å². The molecule has 2 aromatic heterocycles. The van der Waals surface area contributed by atoms with Crippen LogP contribution in [0.25, 0.3) is 0 Å². The van der Waals surface area contributed by atoms with Gasteiger partial charge in [0.2, 0.25) is 5.95 Å². The summed E-state index contributed by atoms with van der Waals surface area (Å²) >= 11 is 0. The summed E-state index contributed by atoms with van der Waals surface area (Å²) in [7, 11) is 1.48.